The number of thiazole rings is 1. The monoisotopic (exact) mass is 291 g/mol. The summed E-state index contributed by atoms with van der Waals surface area (Å²) in [4.78, 5) is 15.9. The molecule has 6 heteroatoms. The number of aromatic nitrogens is 1. The van der Waals surface area contributed by atoms with Gasteiger partial charge in [0, 0.05) is 17.6 Å². The number of rotatable bonds is 5. The van der Waals surface area contributed by atoms with E-state index in [9.17, 15) is 9.90 Å². The van der Waals surface area contributed by atoms with Crippen LogP contribution in [0.25, 0.3) is 0 Å². The molecule has 20 heavy (non-hydrogen) atoms. The Morgan fingerprint density at radius 3 is 2.75 bits per heavy atom. The van der Waals surface area contributed by atoms with Crippen LogP contribution >= 0.6 is 11.3 Å². The maximum atomic E-state index is 11.6. The van der Waals surface area contributed by atoms with Crippen molar-refractivity contribution in [3.05, 3.63) is 52.0 Å². The largest absolute Gasteiger partial charge is 0.387 e. The van der Waals surface area contributed by atoms with Gasteiger partial charge in [-0.1, -0.05) is 30.3 Å². The number of carbonyl (C=O) groups excluding carboxylic acids is 1. The Hall–Kier alpha value is -1.92. The Morgan fingerprint density at radius 1 is 1.35 bits per heavy atom. The fourth-order valence-electron chi connectivity index (χ4n) is 1.68. The van der Waals surface area contributed by atoms with Crippen LogP contribution in [0, 0.1) is 6.92 Å². The quantitative estimate of drug-likeness (QED) is 0.788. The summed E-state index contributed by atoms with van der Waals surface area (Å²) in [5.41, 5.74) is 1.73. The number of aliphatic hydroxyl groups is 1. The first-order valence-electron chi connectivity index (χ1n) is 6.31. The molecule has 1 unspecified atom stereocenters. The number of aliphatic hydroxyl groups excluding tert-OH is 1. The van der Waals surface area contributed by atoms with E-state index in [0.717, 1.165) is 16.3 Å². The molecule has 0 saturated carbocycles. The van der Waals surface area contributed by atoms with Gasteiger partial charge in [0.2, 0.25) is 0 Å². The first-order valence-corrected chi connectivity index (χ1v) is 7.19. The molecule has 0 spiro atoms. The fraction of sp³-hybridized carbons (Fsp3) is 0.286. The van der Waals surface area contributed by atoms with E-state index in [0.29, 0.717) is 6.54 Å². The van der Waals surface area contributed by atoms with Crippen LogP contribution in [0.4, 0.5) is 4.79 Å². The molecule has 0 saturated heterocycles. The molecule has 1 aromatic heterocycles. The molecule has 0 fully saturated rings. The van der Waals surface area contributed by atoms with Gasteiger partial charge in [-0.05, 0) is 12.5 Å². The summed E-state index contributed by atoms with van der Waals surface area (Å²) in [5, 5.41) is 18.0. The number of urea groups is 1. The van der Waals surface area contributed by atoms with Crippen molar-refractivity contribution in [2.45, 2.75) is 19.6 Å². The van der Waals surface area contributed by atoms with E-state index in [2.05, 4.69) is 15.6 Å². The van der Waals surface area contributed by atoms with Crippen molar-refractivity contribution in [1.82, 2.24) is 15.6 Å². The minimum Gasteiger partial charge on any atom is -0.387 e. The van der Waals surface area contributed by atoms with Gasteiger partial charge in [-0.3, -0.25) is 0 Å². The smallest absolute Gasteiger partial charge is 0.315 e. The van der Waals surface area contributed by atoms with Crippen molar-refractivity contribution in [2.24, 2.45) is 0 Å². The predicted octanol–water partition coefficient (Wildman–Crippen LogP) is 1.98. The van der Waals surface area contributed by atoms with E-state index in [4.69, 9.17) is 0 Å². The lowest BCUT2D eigenvalue weighted by Crippen LogP contribution is -2.37. The molecule has 2 rings (SSSR count). The highest BCUT2D eigenvalue weighted by molar-refractivity contribution is 7.09. The normalized spacial score (nSPS) is 11.9. The molecule has 0 aliphatic rings. The highest BCUT2D eigenvalue weighted by Gasteiger charge is 2.09. The average Bonchev–Trinajstić information content (AvgIpc) is 2.89. The fourth-order valence-corrected chi connectivity index (χ4v) is 2.40. The lowest BCUT2D eigenvalue weighted by Gasteiger charge is -2.12. The van der Waals surface area contributed by atoms with Crippen LogP contribution in [0.15, 0.2) is 35.7 Å². The Bertz CT molecular complexity index is 557. The molecule has 106 valence electrons. The van der Waals surface area contributed by atoms with Crippen molar-refractivity contribution in [3.8, 4) is 0 Å². The second-order valence-electron chi connectivity index (χ2n) is 4.37. The van der Waals surface area contributed by atoms with Crippen LogP contribution in [0.2, 0.25) is 0 Å². The molecule has 2 amide bonds. The molecule has 1 atom stereocenters. The first kappa shape index (κ1) is 14.5. The molecule has 5 nitrogen and oxygen atoms in total. The number of hydrogen-bond donors (Lipinski definition) is 3. The summed E-state index contributed by atoms with van der Waals surface area (Å²) in [5.74, 6) is 0. The lowest BCUT2D eigenvalue weighted by molar-refractivity contribution is 0.173. The average molecular weight is 291 g/mol. The summed E-state index contributed by atoms with van der Waals surface area (Å²) < 4.78 is 0. The standard InChI is InChI=1S/C14H17N3O2S/c1-10-9-20-13(17-10)8-16-14(19)15-7-12(18)11-5-3-2-4-6-11/h2-6,9,12,18H,7-8H2,1H3,(H2,15,16,19). The van der Waals surface area contributed by atoms with Crippen molar-refractivity contribution in [3.63, 3.8) is 0 Å². The second-order valence-corrected chi connectivity index (χ2v) is 5.32. The molecular weight excluding hydrogens is 274 g/mol. The summed E-state index contributed by atoms with van der Waals surface area (Å²) in [6, 6.07) is 8.91. The lowest BCUT2D eigenvalue weighted by atomic mass is 10.1. The number of benzene rings is 1. The van der Waals surface area contributed by atoms with Crippen molar-refractivity contribution in [1.29, 1.82) is 0 Å². The van der Waals surface area contributed by atoms with Crippen LogP contribution in [0.3, 0.4) is 0 Å². The van der Waals surface area contributed by atoms with Gasteiger partial charge in [-0.2, -0.15) is 0 Å². The highest BCUT2D eigenvalue weighted by Crippen LogP contribution is 2.10. The van der Waals surface area contributed by atoms with Crippen molar-refractivity contribution in [2.75, 3.05) is 6.54 Å². The maximum Gasteiger partial charge on any atom is 0.315 e. The molecule has 0 aliphatic heterocycles. The zero-order valence-electron chi connectivity index (χ0n) is 11.2. The van der Waals surface area contributed by atoms with Gasteiger partial charge in [0.1, 0.15) is 5.01 Å². The molecule has 0 radical (unpaired) electrons. The van der Waals surface area contributed by atoms with Crippen LogP contribution in [-0.2, 0) is 6.54 Å². The van der Waals surface area contributed by atoms with E-state index in [-0.39, 0.29) is 12.6 Å². The number of aryl methyl sites for hydroxylation is 1. The Morgan fingerprint density at radius 2 is 2.10 bits per heavy atom. The third-order valence-corrected chi connectivity index (χ3v) is 3.67. The van der Waals surface area contributed by atoms with Gasteiger partial charge in [0.05, 0.1) is 12.6 Å². The molecule has 1 heterocycles. The summed E-state index contributed by atoms with van der Waals surface area (Å²) in [7, 11) is 0. The molecule has 0 bridgehead atoms. The van der Waals surface area contributed by atoms with Crippen molar-refractivity contribution >= 4 is 17.4 Å². The molecule has 2 aromatic rings. The van der Waals surface area contributed by atoms with Crippen LogP contribution in [0.1, 0.15) is 22.4 Å². The van der Waals surface area contributed by atoms with E-state index in [1.807, 2.05) is 42.6 Å². The second kappa shape index (κ2) is 7.02. The van der Waals surface area contributed by atoms with E-state index >= 15 is 0 Å². The summed E-state index contributed by atoms with van der Waals surface area (Å²) in [6.07, 6.45) is -0.705. The van der Waals surface area contributed by atoms with Gasteiger partial charge >= 0.3 is 6.03 Å². The summed E-state index contributed by atoms with van der Waals surface area (Å²) in [6.45, 7) is 2.48. The van der Waals surface area contributed by atoms with E-state index < -0.39 is 6.10 Å². The SMILES string of the molecule is Cc1csc(CNC(=O)NCC(O)c2ccccc2)n1. The molecule has 3 N–H and O–H groups in total. The van der Waals surface area contributed by atoms with Gasteiger partial charge in [-0.25, -0.2) is 9.78 Å². The Balaban J connectivity index is 1.72. The number of nitrogens with zero attached hydrogens (tertiary/aromatic N) is 1. The predicted molar refractivity (Wildman–Crippen MR) is 78.5 cm³/mol. The Labute approximate surface area is 121 Å². The van der Waals surface area contributed by atoms with Crippen molar-refractivity contribution < 1.29 is 9.90 Å². The zero-order chi connectivity index (χ0) is 14.4. The van der Waals surface area contributed by atoms with Crippen LogP contribution < -0.4 is 10.6 Å². The number of carbonyl (C=O) groups is 1. The molecular formula is C14H17N3O2S. The first-order chi connectivity index (χ1) is 9.65. The van der Waals surface area contributed by atoms with Gasteiger partial charge in [-0.15, -0.1) is 11.3 Å². The highest BCUT2D eigenvalue weighted by atomic mass is 32.1. The number of hydrogen-bond acceptors (Lipinski definition) is 4. The zero-order valence-corrected chi connectivity index (χ0v) is 12.0. The van der Waals surface area contributed by atoms with E-state index in [1.165, 1.54) is 11.3 Å². The topological polar surface area (TPSA) is 74.2 Å². The molecule has 0 aliphatic carbocycles. The number of nitrogens with one attached hydrogen (secondary N) is 2. The van der Waals surface area contributed by atoms with Gasteiger partial charge < -0.3 is 15.7 Å². The Kier molecular flexibility index (Phi) is 5.09. The summed E-state index contributed by atoms with van der Waals surface area (Å²) >= 11 is 1.51. The number of amides is 2. The molecule has 1 aromatic carbocycles. The minimum atomic E-state index is -0.705. The maximum absolute atomic E-state index is 11.6. The van der Waals surface area contributed by atoms with Crippen LogP contribution in [-0.4, -0.2) is 22.7 Å². The van der Waals surface area contributed by atoms with E-state index in [1.54, 1.807) is 0 Å². The van der Waals surface area contributed by atoms with Crippen LogP contribution in [0.5, 0.6) is 0 Å². The van der Waals surface area contributed by atoms with Gasteiger partial charge in [0.25, 0.3) is 0 Å². The van der Waals surface area contributed by atoms with Gasteiger partial charge in [0.15, 0.2) is 0 Å². The minimum absolute atomic E-state index is 0.173. The third kappa shape index (κ3) is 4.32. The third-order valence-electron chi connectivity index (χ3n) is 2.71.